The second-order valence-electron chi connectivity index (χ2n) is 7.63. The lowest BCUT2D eigenvalue weighted by molar-refractivity contribution is 0.212. The normalized spacial score (nSPS) is 24.0. The molecule has 0 aromatic heterocycles. The van der Waals surface area contributed by atoms with E-state index < -0.39 is 15.3 Å². The molecule has 0 saturated carbocycles. The highest BCUT2D eigenvalue weighted by Crippen LogP contribution is 2.35. The zero-order valence-electron chi connectivity index (χ0n) is 16.0. The lowest BCUT2D eigenvalue weighted by atomic mass is 10.0. The average Bonchev–Trinajstić information content (AvgIpc) is 2.84. The van der Waals surface area contributed by atoms with Gasteiger partial charge in [0.25, 0.3) is 0 Å². The zero-order valence-corrected chi connectivity index (χ0v) is 17.6. The van der Waals surface area contributed by atoms with Crippen molar-refractivity contribution in [3.8, 4) is 0 Å². The molecule has 0 aliphatic carbocycles. The molecule has 2 fully saturated rings. The van der Waals surface area contributed by atoms with Gasteiger partial charge in [0.05, 0.1) is 5.25 Å². The molecule has 6 nitrogen and oxygen atoms in total. The van der Waals surface area contributed by atoms with Crippen molar-refractivity contribution in [2.45, 2.75) is 24.6 Å². The maximum Gasteiger partial charge on any atom is 0.321 e. The predicted molar refractivity (Wildman–Crippen MR) is 114 cm³/mol. The van der Waals surface area contributed by atoms with E-state index in [1.54, 1.807) is 33.5 Å². The topological polar surface area (TPSA) is 69.7 Å². The Labute approximate surface area is 176 Å². The number of hydrogen-bond donors (Lipinski definition) is 1. The number of nitrogens with zero attached hydrogens (tertiary/aromatic N) is 2. The van der Waals surface area contributed by atoms with Gasteiger partial charge >= 0.3 is 6.03 Å². The van der Waals surface area contributed by atoms with Crippen LogP contribution in [0, 0.1) is 5.92 Å². The number of nitrogens with one attached hydrogen (secondary N) is 1. The third kappa shape index (κ3) is 4.42. The van der Waals surface area contributed by atoms with Crippen LogP contribution in [0.3, 0.4) is 0 Å². The van der Waals surface area contributed by atoms with Crippen molar-refractivity contribution in [1.82, 2.24) is 9.21 Å². The first kappa shape index (κ1) is 20.2. The molecule has 0 spiro atoms. The standard InChI is InChI=1S/C21H24ClN3O3S/c22-18-7-4-8-19(13-18)23-21(26)24-11-9-17-15-25(14-16-5-2-1-3-6-16)29(27,28)20(17)10-12-24/h1-8,13,17,20H,9-12,14-15H2,(H,23,26)/t17-,20-/m1/s1. The fraction of sp³-hybridized carbons (Fsp3) is 0.381. The summed E-state index contributed by atoms with van der Waals surface area (Å²) in [5.41, 5.74) is 1.63. The highest BCUT2D eigenvalue weighted by Gasteiger charge is 2.47. The summed E-state index contributed by atoms with van der Waals surface area (Å²) in [5.74, 6) is 0.0488. The summed E-state index contributed by atoms with van der Waals surface area (Å²) in [4.78, 5) is 14.3. The monoisotopic (exact) mass is 433 g/mol. The number of carbonyl (C=O) groups is 1. The van der Waals surface area contributed by atoms with E-state index >= 15 is 0 Å². The summed E-state index contributed by atoms with van der Waals surface area (Å²) in [7, 11) is -3.37. The summed E-state index contributed by atoms with van der Waals surface area (Å²) >= 11 is 5.97. The van der Waals surface area contributed by atoms with Crippen LogP contribution in [-0.4, -0.2) is 48.5 Å². The highest BCUT2D eigenvalue weighted by atomic mass is 35.5. The van der Waals surface area contributed by atoms with Gasteiger partial charge in [0.2, 0.25) is 10.0 Å². The number of hydrogen-bond acceptors (Lipinski definition) is 3. The molecule has 29 heavy (non-hydrogen) atoms. The lowest BCUT2D eigenvalue weighted by Crippen LogP contribution is -2.37. The third-order valence-electron chi connectivity index (χ3n) is 5.72. The quantitative estimate of drug-likeness (QED) is 0.800. The molecule has 1 N–H and O–H groups in total. The SMILES string of the molecule is O=C(Nc1cccc(Cl)c1)N1CC[C@@H]2CN(Cc3ccccc3)S(=O)(=O)[C@@H]2CC1. The molecule has 154 valence electrons. The summed E-state index contributed by atoms with van der Waals surface area (Å²) < 4.78 is 27.8. The molecule has 2 aliphatic rings. The molecule has 2 saturated heterocycles. The van der Waals surface area contributed by atoms with Gasteiger partial charge in [-0.2, -0.15) is 4.31 Å². The minimum atomic E-state index is -3.37. The van der Waals surface area contributed by atoms with Crippen molar-refractivity contribution >= 4 is 33.3 Å². The first-order valence-corrected chi connectivity index (χ1v) is 11.7. The number of benzene rings is 2. The number of halogens is 1. The van der Waals surface area contributed by atoms with Crippen molar-refractivity contribution in [2.75, 3.05) is 25.0 Å². The smallest absolute Gasteiger partial charge is 0.321 e. The average molecular weight is 434 g/mol. The molecule has 8 heteroatoms. The van der Waals surface area contributed by atoms with Gasteiger partial charge in [0.15, 0.2) is 0 Å². The van der Waals surface area contributed by atoms with Crippen LogP contribution in [0.5, 0.6) is 0 Å². The van der Waals surface area contributed by atoms with Crippen molar-refractivity contribution in [1.29, 1.82) is 0 Å². The Kier molecular flexibility index (Phi) is 5.81. The van der Waals surface area contributed by atoms with Crippen molar-refractivity contribution < 1.29 is 13.2 Å². The molecule has 0 radical (unpaired) electrons. The summed E-state index contributed by atoms with van der Waals surface area (Å²) in [6.07, 6.45) is 1.14. The molecule has 4 rings (SSSR count). The highest BCUT2D eigenvalue weighted by molar-refractivity contribution is 7.90. The van der Waals surface area contributed by atoms with Crippen LogP contribution in [0.25, 0.3) is 0 Å². The van der Waals surface area contributed by atoms with E-state index in [0.29, 0.717) is 49.7 Å². The van der Waals surface area contributed by atoms with Gasteiger partial charge < -0.3 is 10.2 Å². The fourth-order valence-corrected chi connectivity index (χ4v) is 6.62. The van der Waals surface area contributed by atoms with E-state index in [-0.39, 0.29) is 11.9 Å². The Morgan fingerprint density at radius 3 is 2.59 bits per heavy atom. The van der Waals surface area contributed by atoms with Crippen LogP contribution in [0.2, 0.25) is 5.02 Å². The Morgan fingerprint density at radius 1 is 1.07 bits per heavy atom. The van der Waals surface area contributed by atoms with Crippen LogP contribution in [0.15, 0.2) is 54.6 Å². The van der Waals surface area contributed by atoms with E-state index in [9.17, 15) is 13.2 Å². The van der Waals surface area contributed by atoms with Crippen molar-refractivity contribution in [2.24, 2.45) is 5.92 Å². The van der Waals surface area contributed by atoms with Gasteiger partial charge in [-0.15, -0.1) is 0 Å². The van der Waals surface area contributed by atoms with Crippen LogP contribution in [-0.2, 0) is 16.6 Å². The minimum Gasteiger partial charge on any atom is -0.324 e. The molecular weight excluding hydrogens is 410 g/mol. The number of amides is 2. The predicted octanol–water partition coefficient (Wildman–Crippen LogP) is 3.80. The number of carbonyl (C=O) groups excluding carboxylic acids is 1. The summed E-state index contributed by atoms with van der Waals surface area (Å²) in [6, 6.07) is 16.5. The van der Waals surface area contributed by atoms with Gasteiger partial charge in [0.1, 0.15) is 0 Å². The Morgan fingerprint density at radius 2 is 1.83 bits per heavy atom. The van der Waals surface area contributed by atoms with Crippen LogP contribution in [0.1, 0.15) is 18.4 Å². The van der Waals surface area contributed by atoms with Crippen molar-refractivity contribution in [3.63, 3.8) is 0 Å². The molecular formula is C21H24ClN3O3S. The van der Waals surface area contributed by atoms with Crippen molar-refractivity contribution in [3.05, 3.63) is 65.2 Å². The second kappa shape index (κ2) is 8.34. The first-order chi connectivity index (χ1) is 13.9. The van der Waals surface area contributed by atoms with E-state index in [2.05, 4.69) is 5.32 Å². The van der Waals surface area contributed by atoms with Crippen LogP contribution in [0.4, 0.5) is 10.5 Å². The van der Waals surface area contributed by atoms with E-state index in [4.69, 9.17) is 11.6 Å². The number of likely N-dealkylation sites (tertiary alicyclic amines) is 1. The van der Waals surface area contributed by atoms with E-state index in [0.717, 1.165) is 5.56 Å². The van der Waals surface area contributed by atoms with Crippen LogP contribution < -0.4 is 5.32 Å². The molecule has 2 aromatic carbocycles. The molecule has 0 bridgehead atoms. The number of rotatable bonds is 3. The van der Waals surface area contributed by atoms with Crippen LogP contribution >= 0.6 is 11.6 Å². The Hall–Kier alpha value is -2.09. The number of fused-ring (bicyclic) bond motifs is 1. The zero-order chi connectivity index (χ0) is 20.4. The molecule has 2 atom stereocenters. The first-order valence-electron chi connectivity index (χ1n) is 9.78. The Balaban J connectivity index is 1.41. The van der Waals surface area contributed by atoms with Gasteiger partial charge in [-0.1, -0.05) is 48.0 Å². The summed E-state index contributed by atoms with van der Waals surface area (Å²) in [6.45, 7) is 1.90. The molecule has 2 amide bonds. The van der Waals surface area contributed by atoms with E-state index in [1.807, 2.05) is 30.3 Å². The number of urea groups is 1. The lowest BCUT2D eigenvalue weighted by Gasteiger charge is -2.22. The summed E-state index contributed by atoms with van der Waals surface area (Å²) in [5, 5.41) is 2.98. The van der Waals surface area contributed by atoms with Gasteiger partial charge in [-0.3, -0.25) is 0 Å². The maximum atomic E-state index is 13.1. The van der Waals surface area contributed by atoms with Gasteiger partial charge in [-0.05, 0) is 42.5 Å². The third-order valence-corrected chi connectivity index (χ3v) is 8.34. The number of anilines is 1. The molecule has 2 heterocycles. The fourth-order valence-electron chi connectivity index (χ4n) is 4.21. The van der Waals surface area contributed by atoms with Gasteiger partial charge in [-0.25, -0.2) is 13.2 Å². The number of sulfonamides is 1. The van der Waals surface area contributed by atoms with E-state index in [1.165, 1.54) is 0 Å². The molecule has 0 unspecified atom stereocenters. The molecule has 2 aromatic rings. The second-order valence-corrected chi connectivity index (χ2v) is 10.2. The maximum absolute atomic E-state index is 13.1. The minimum absolute atomic E-state index is 0.0488. The Bertz CT molecular complexity index is 984. The molecule has 2 aliphatic heterocycles. The largest absolute Gasteiger partial charge is 0.324 e. The van der Waals surface area contributed by atoms with Gasteiger partial charge in [0, 0.05) is 36.9 Å².